The zero-order valence-electron chi connectivity index (χ0n) is 11.1. The number of hydrogen-bond donors (Lipinski definition) is 1. The standard InChI is InChI=1S/C14H13ClN4S/c1-3-19-13(17-18-14(19)20)11-6-8(2)16-12-5-4-9(15)7-10(11)12/h4-7H,3H2,1-2H3,(H,18,20). The predicted molar refractivity (Wildman–Crippen MR) is 83.6 cm³/mol. The molecule has 0 amide bonds. The zero-order chi connectivity index (χ0) is 14.3. The number of nitrogens with zero attached hydrogens (tertiary/aromatic N) is 3. The molecule has 1 N–H and O–H groups in total. The van der Waals surface area contributed by atoms with E-state index in [0.29, 0.717) is 9.79 Å². The first kappa shape index (κ1) is 13.3. The van der Waals surface area contributed by atoms with Crippen LogP contribution in [0.25, 0.3) is 22.3 Å². The van der Waals surface area contributed by atoms with Gasteiger partial charge in [0, 0.05) is 28.2 Å². The van der Waals surface area contributed by atoms with Crippen molar-refractivity contribution in [3.63, 3.8) is 0 Å². The lowest BCUT2D eigenvalue weighted by atomic mass is 10.1. The fourth-order valence-corrected chi connectivity index (χ4v) is 2.77. The van der Waals surface area contributed by atoms with Crippen LogP contribution in [0.1, 0.15) is 12.6 Å². The van der Waals surface area contributed by atoms with Gasteiger partial charge in [-0.25, -0.2) is 0 Å². The molecule has 2 heterocycles. The first-order valence-corrected chi connectivity index (χ1v) is 7.11. The molecule has 0 radical (unpaired) electrons. The Morgan fingerprint density at radius 3 is 2.90 bits per heavy atom. The Morgan fingerprint density at radius 2 is 2.15 bits per heavy atom. The van der Waals surface area contributed by atoms with E-state index in [9.17, 15) is 0 Å². The van der Waals surface area contributed by atoms with Crippen molar-refractivity contribution in [2.24, 2.45) is 0 Å². The Bertz CT molecular complexity index is 850. The van der Waals surface area contributed by atoms with Gasteiger partial charge in [0.2, 0.25) is 0 Å². The Balaban J connectivity index is 2.40. The number of halogens is 1. The molecule has 4 nitrogen and oxygen atoms in total. The van der Waals surface area contributed by atoms with E-state index in [1.807, 2.05) is 42.7 Å². The SMILES string of the molecule is CCn1c(-c2cc(C)nc3ccc(Cl)cc23)n[nH]c1=S. The van der Waals surface area contributed by atoms with Gasteiger partial charge in [-0.2, -0.15) is 5.10 Å². The summed E-state index contributed by atoms with van der Waals surface area (Å²) in [6, 6.07) is 7.69. The van der Waals surface area contributed by atoms with Crippen molar-refractivity contribution in [3.8, 4) is 11.4 Å². The van der Waals surface area contributed by atoms with Crippen LogP contribution in [0.4, 0.5) is 0 Å². The number of pyridine rings is 1. The lowest BCUT2D eigenvalue weighted by molar-refractivity contribution is 0.756. The van der Waals surface area contributed by atoms with Crippen LogP contribution in [0.2, 0.25) is 5.02 Å². The van der Waals surface area contributed by atoms with Gasteiger partial charge < -0.3 is 4.57 Å². The quantitative estimate of drug-likeness (QED) is 0.724. The Hall–Kier alpha value is -1.72. The minimum absolute atomic E-state index is 0.618. The molecule has 0 aliphatic rings. The first-order chi connectivity index (χ1) is 9.60. The summed E-state index contributed by atoms with van der Waals surface area (Å²) < 4.78 is 2.58. The highest BCUT2D eigenvalue weighted by Gasteiger charge is 2.13. The topological polar surface area (TPSA) is 46.5 Å². The molecule has 3 aromatic rings. The molecule has 0 fully saturated rings. The number of benzene rings is 1. The summed E-state index contributed by atoms with van der Waals surface area (Å²) in [6.45, 7) is 4.77. The molecule has 3 rings (SSSR count). The van der Waals surface area contributed by atoms with Crippen molar-refractivity contribution in [2.45, 2.75) is 20.4 Å². The van der Waals surface area contributed by atoms with Gasteiger partial charge in [0.05, 0.1) is 5.52 Å². The second-order valence-corrected chi connectivity index (χ2v) is 5.39. The maximum absolute atomic E-state index is 6.11. The van der Waals surface area contributed by atoms with E-state index in [4.69, 9.17) is 23.8 Å². The third kappa shape index (κ3) is 2.13. The number of nitrogens with one attached hydrogen (secondary N) is 1. The molecule has 0 atom stereocenters. The maximum Gasteiger partial charge on any atom is 0.195 e. The molecule has 20 heavy (non-hydrogen) atoms. The molecular weight excluding hydrogens is 292 g/mol. The summed E-state index contributed by atoms with van der Waals surface area (Å²) >= 11 is 11.4. The second kappa shape index (κ2) is 5.00. The number of hydrogen-bond acceptors (Lipinski definition) is 3. The van der Waals surface area contributed by atoms with Gasteiger partial charge in [0.25, 0.3) is 0 Å². The number of aryl methyl sites for hydroxylation is 1. The van der Waals surface area contributed by atoms with Crippen LogP contribution in [0, 0.1) is 11.7 Å². The number of rotatable bonds is 2. The summed E-state index contributed by atoms with van der Waals surface area (Å²) in [7, 11) is 0. The Morgan fingerprint density at radius 1 is 1.35 bits per heavy atom. The molecule has 0 aliphatic carbocycles. The smallest absolute Gasteiger partial charge is 0.195 e. The third-order valence-corrected chi connectivity index (χ3v) is 3.76. The van der Waals surface area contributed by atoms with Crippen molar-refractivity contribution < 1.29 is 0 Å². The van der Waals surface area contributed by atoms with E-state index < -0.39 is 0 Å². The minimum atomic E-state index is 0.618. The van der Waals surface area contributed by atoms with E-state index in [-0.39, 0.29) is 0 Å². The van der Waals surface area contributed by atoms with Crippen LogP contribution in [-0.4, -0.2) is 19.7 Å². The monoisotopic (exact) mass is 304 g/mol. The van der Waals surface area contributed by atoms with Crippen molar-refractivity contribution in [2.75, 3.05) is 0 Å². The highest BCUT2D eigenvalue weighted by atomic mass is 35.5. The van der Waals surface area contributed by atoms with E-state index in [0.717, 1.165) is 34.5 Å². The van der Waals surface area contributed by atoms with Gasteiger partial charge in [-0.1, -0.05) is 11.6 Å². The van der Waals surface area contributed by atoms with Crippen LogP contribution in [0.3, 0.4) is 0 Å². The van der Waals surface area contributed by atoms with Crippen molar-refractivity contribution in [1.29, 1.82) is 0 Å². The largest absolute Gasteiger partial charge is 0.300 e. The molecular formula is C14H13ClN4S. The second-order valence-electron chi connectivity index (χ2n) is 4.57. The number of aromatic nitrogens is 4. The molecule has 0 aliphatic heterocycles. The van der Waals surface area contributed by atoms with E-state index in [1.165, 1.54) is 0 Å². The van der Waals surface area contributed by atoms with Crippen LogP contribution in [0.15, 0.2) is 24.3 Å². The van der Waals surface area contributed by atoms with Gasteiger partial charge in [-0.05, 0) is 50.3 Å². The molecule has 0 bridgehead atoms. The zero-order valence-corrected chi connectivity index (χ0v) is 12.7. The highest BCUT2D eigenvalue weighted by Crippen LogP contribution is 2.29. The fraction of sp³-hybridized carbons (Fsp3) is 0.214. The minimum Gasteiger partial charge on any atom is -0.300 e. The van der Waals surface area contributed by atoms with Gasteiger partial charge in [-0.15, -0.1) is 0 Å². The van der Waals surface area contributed by atoms with Crippen LogP contribution in [-0.2, 0) is 6.54 Å². The Labute approximate surface area is 126 Å². The van der Waals surface area contributed by atoms with E-state index in [1.54, 1.807) is 0 Å². The molecule has 2 aromatic heterocycles. The van der Waals surface area contributed by atoms with Crippen LogP contribution < -0.4 is 0 Å². The highest BCUT2D eigenvalue weighted by molar-refractivity contribution is 7.71. The summed E-state index contributed by atoms with van der Waals surface area (Å²) in [5, 5.41) is 8.86. The molecule has 6 heteroatoms. The molecule has 0 saturated heterocycles. The molecule has 0 spiro atoms. The van der Waals surface area contributed by atoms with Gasteiger partial charge in [0.15, 0.2) is 10.6 Å². The van der Waals surface area contributed by atoms with Crippen molar-refractivity contribution in [3.05, 3.63) is 39.8 Å². The lowest BCUT2D eigenvalue weighted by Gasteiger charge is -2.09. The summed E-state index contributed by atoms with van der Waals surface area (Å²) in [6.07, 6.45) is 0. The Kier molecular flexibility index (Phi) is 3.31. The molecule has 0 saturated carbocycles. The van der Waals surface area contributed by atoms with Gasteiger partial charge in [0.1, 0.15) is 0 Å². The van der Waals surface area contributed by atoms with Gasteiger partial charge in [-0.3, -0.25) is 10.1 Å². The van der Waals surface area contributed by atoms with Crippen LogP contribution >= 0.6 is 23.8 Å². The van der Waals surface area contributed by atoms with Crippen LogP contribution in [0.5, 0.6) is 0 Å². The summed E-state index contributed by atoms with van der Waals surface area (Å²) in [5.41, 5.74) is 2.83. The number of H-pyrrole nitrogens is 1. The first-order valence-electron chi connectivity index (χ1n) is 6.32. The summed E-state index contributed by atoms with van der Waals surface area (Å²) in [4.78, 5) is 4.53. The van der Waals surface area contributed by atoms with Crippen molar-refractivity contribution in [1.82, 2.24) is 19.7 Å². The number of fused-ring (bicyclic) bond motifs is 1. The predicted octanol–water partition coefficient (Wildman–Crippen LogP) is 4.14. The average molecular weight is 305 g/mol. The molecule has 0 unspecified atom stereocenters. The fourth-order valence-electron chi connectivity index (χ4n) is 2.33. The maximum atomic E-state index is 6.11. The van der Waals surface area contributed by atoms with E-state index >= 15 is 0 Å². The normalized spacial score (nSPS) is 11.2. The third-order valence-electron chi connectivity index (χ3n) is 3.21. The van der Waals surface area contributed by atoms with E-state index in [2.05, 4.69) is 15.2 Å². The lowest BCUT2D eigenvalue weighted by Crippen LogP contribution is -1.99. The number of aromatic amines is 1. The summed E-state index contributed by atoms with van der Waals surface area (Å²) in [5.74, 6) is 0.815. The van der Waals surface area contributed by atoms with Crippen molar-refractivity contribution >= 4 is 34.7 Å². The molecule has 102 valence electrons. The van der Waals surface area contributed by atoms with Gasteiger partial charge >= 0.3 is 0 Å². The average Bonchev–Trinajstić information content (AvgIpc) is 2.79. The molecule has 1 aromatic carbocycles.